The van der Waals surface area contributed by atoms with Crippen molar-refractivity contribution in [1.82, 2.24) is 9.78 Å². The minimum Gasteiger partial charge on any atom is -0.226 e. The topological polar surface area (TPSA) is 17.8 Å². The Bertz CT molecular complexity index is 673. The molecule has 84 valence electrons. The molecule has 0 aliphatic heterocycles. The van der Waals surface area contributed by atoms with Crippen molar-refractivity contribution in [1.29, 1.82) is 0 Å². The van der Waals surface area contributed by atoms with Crippen LogP contribution in [0, 0.1) is 3.70 Å². The Morgan fingerprint density at radius 3 is 2.41 bits per heavy atom. The van der Waals surface area contributed by atoms with Gasteiger partial charge in [-0.15, -0.1) is 0 Å². The first-order valence-corrected chi connectivity index (χ1v) is 7.02. The van der Waals surface area contributed by atoms with Gasteiger partial charge in [0.15, 0.2) is 0 Å². The van der Waals surface area contributed by atoms with E-state index in [1.54, 1.807) is 0 Å². The van der Waals surface area contributed by atoms with Crippen LogP contribution in [0.15, 0.2) is 53.0 Å². The number of fused-ring (bicyclic) bond motifs is 1. The summed E-state index contributed by atoms with van der Waals surface area (Å²) < 4.78 is 4.19. The first-order valence-electron chi connectivity index (χ1n) is 5.15. The minimum atomic E-state index is 1.03. The molecule has 0 spiro atoms. The van der Waals surface area contributed by atoms with Crippen LogP contribution in [0.25, 0.3) is 16.6 Å². The summed E-state index contributed by atoms with van der Waals surface area (Å²) in [5, 5.41) is 5.80. The summed E-state index contributed by atoms with van der Waals surface area (Å²) in [6, 6.07) is 16.3. The SMILES string of the molecule is Brc1ccc(-n2nc3ccccc3c2I)cc1. The van der Waals surface area contributed by atoms with Crippen molar-refractivity contribution in [3.05, 3.63) is 56.7 Å². The number of aromatic nitrogens is 2. The molecule has 0 bridgehead atoms. The van der Waals surface area contributed by atoms with Gasteiger partial charge >= 0.3 is 0 Å². The Morgan fingerprint density at radius 1 is 1.00 bits per heavy atom. The van der Waals surface area contributed by atoms with Gasteiger partial charge in [-0.25, -0.2) is 4.68 Å². The Morgan fingerprint density at radius 2 is 1.71 bits per heavy atom. The molecule has 3 rings (SSSR count). The number of nitrogens with zero attached hydrogens (tertiary/aromatic N) is 2. The maximum Gasteiger partial charge on any atom is 0.113 e. The van der Waals surface area contributed by atoms with E-state index in [2.05, 4.69) is 61.8 Å². The van der Waals surface area contributed by atoms with Gasteiger partial charge in [-0.2, -0.15) is 5.10 Å². The van der Waals surface area contributed by atoms with Gasteiger partial charge in [0.05, 0.1) is 11.2 Å². The third kappa shape index (κ3) is 1.99. The molecule has 0 saturated carbocycles. The minimum absolute atomic E-state index is 1.03. The molecule has 0 atom stereocenters. The normalized spacial score (nSPS) is 10.9. The van der Waals surface area contributed by atoms with E-state index < -0.39 is 0 Å². The molecule has 2 aromatic carbocycles. The zero-order chi connectivity index (χ0) is 11.8. The third-order valence-electron chi connectivity index (χ3n) is 2.59. The van der Waals surface area contributed by atoms with E-state index >= 15 is 0 Å². The smallest absolute Gasteiger partial charge is 0.113 e. The number of halogens is 2. The first kappa shape index (κ1) is 11.2. The lowest BCUT2D eigenvalue weighted by molar-refractivity contribution is 0.873. The number of benzene rings is 2. The molecule has 0 N–H and O–H groups in total. The summed E-state index contributed by atoms with van der Waals surface area (Å²) in [6.07, 6.45) is 0. The summed E-state index contributed by atoms with van der Waals surface area (Å²) in [6.45, 7) is 0. The van der Waals surface area contributed by atoms with Crippen LogP contribution in [0.1, 0.15) is 0 Å². The molecule has 4 heteroatoms. The average Bonchev–Trinajstić information content (AvgIpc) is 2.69. The van der Waals surface area contributed by atoms with Gasteiger partial charge in [-0.1, -0.05) is 34.1 Å². The molecule has 1 aromatic heterocycles. The van der Waals surface area contributed by atoms with Crippen molar-refractivity contribution in [2.75, 3.05) is 0 Å². The second-order valence-electron chi connectivity index (χ2n) is 3.70. The van der Waals surface area contributed by atoms with Gasteiger partial charge in [-0.3, -0.25) is 0 Å². The zero-order valence-electron chi connectivity index (χ0n) is 8.77. The lowest BCUT2D eigenvalue weighted by atomic mass is 10.3. The first-order chi connectivity index (χ1) is 8.25. The highest BCUT2D eigenvalue weighted by Gasteiger charge is 2.08. The van der Waals surface area contributed by atoms with Gasteiger partial charge in [0.2, 0.25) is 0 Å². The zero-order valence-corrected chi connectivity index (χ0v) is 12.5. The van der Waals surface area contributed by atoms with Crippen LogP contribution in [0.5, 0.6) is 0 Å². The predicted molar refractivity (Wildman–Crippen MR) is 81.5 cm³/mol. The largest absolute Gasteiger partial charge is 0.226 e. The summed E-state index contributed by atoms with van der Waals surface area (Å²) in [4.78, 5) is 0. The van der Waals surface area contributed by atoms with E-state index in [0.717, 1.165) is 19.4 Å². The molecule has 0 fully saturated rings. The number of hydrogen-bond acceptors (Lipinski definition) is 1. The Balaban J connectivity index is 2.24. The molecule has 0 aliphatic rings. The van der Waals surface area contributed by atoms with Crippen LogP contribution in [-0.2, 0) is 0 Å². The lowest BCUT2D eigenvalue weighted by Gasteiger charge is -2.02. The van der Waals surface area contributed by atoms with E-state index in [1.165, 1.54) is 5.39 Å². The van der Waals surface area contributed by atoms with Crippen molar-refractivity contribution in [2.24, 2.45) is 0 Å². The third-order valence-corrected chi connectivity index (χ3v) is 4.16. The summed E-state index contributed by atoms with van der Waals surface area (Å²) in [5.74, 6) is 0. The van der Waals surface area contributed by atoms with Crippen molar-refractivity contribution in [3.8, 4) is 5.69 Å². The molecular formula is C13H8BrIN2. The van der Waals surface area contributed by atoms with E-state index in [1.807, 2.05) is 35.0 Å². The van der Waals surface area contributed by atoms with Crippen LogP contribution >= 0.6 is 38.5 Å². The summed E-state index contributed by atoms with van der Waals surface area (Å²) >= 11 is 5.77. The maximum absolute atomic E-state index is 4.61. The highest BCUT2D eigenvalue weighted by molar-refractivity contribution is 14.1. The second kappa shape index (κ2) is 4.42. The van der Waals surface area contributed by atoms with Gasteiger partial charge in [-0.05, 0) is 52.9 Å². The van der Waals surface area contributed by atoms with Gasteiger partial charge in [0.1, 0.15) is 3.70 Å². The monoisotopic (exact) mass is 398 g/mol. The molecule has 0 aliphatic carbocycles. The Labute approximate surface area is 121 Å². The highest BCUT2D eigenvalue weighted by Crippen LogP contribution is 2.23. The van der Waals surface area contributed by atoms with Gasteiger partial charge in [0.25, 0.3) is 0 Å². The summed E-state index contributed by atoms with van der Waals surface area (Å²) in [7, 11) is 0. The van der Waals surface area contributed by atoms with Crippen LogP contribution in [0.3, 0.4) is 0 Å². The number of hydrogen-bond donors (Lipinski definition) is 0. The van der Waals surface area contributed by atoms with Crippen LogP contribution < -0.4 is 0 Å². The molecule has 17 heavy (non-hydrogen) atoms. The van der Waals surface area contributed by atoms with Crippen LogP contribution in [0.2, 0.25) is 0 Å². The molecule has 3 aromatic rings. The molecule has 0 amide bonds. The maximum atomic E-state index is 4.61. The van der Waals surface area contributed by atoms with E-state index in [-0.39, 0.29) is 0 Å². The predicted octanol–water partition coefficient (Wildman–Crippen LogP) is 4.39. The standard InChI is InChI=1S/C13H8BrIN2/c14-9-5-7-10(8-6-9)17-13(15)11-3-1-2-4-12(11)16-17/h1-8H. The van der Waals surface area contributed by atoms with Crippen molar-refractivity contribution >= 4 is 49.4 Å². The fourth-order valence-corrected chi connectivity index (χ4v) is 2.86. The molecule has 0 radical (unpaired) electrons. The average molecular weight is 399 g/mol. The van der Waals surface area contributed by atoms with Crippen molar-refractivity contribution < 1.29 is 0 Å². The van der Waals surface area contributed by atoms with Crippen LogP contribution in [-0.4, -0.2) is 9.78 Å². The van der Waals surface area contributed by atoms with E-state index in [9.17, 15) is 0 Å². The van der Waals surface area contributed by atoms with E-state index in [0.29, 0.717) is 0 Å². The van der Waals surface area contributed by atoms with Gasteiger partial charge in [0, 0.05) is 9.86 Å². The quantitative estimate of drug-likeness (QED) is 0.556. The Hall–Kier alpha value is -0.880. The molecule has 0 unspecified atom stereocenters. The molecule has 0 saturated heterocycles. The lowest BCUT2D eigenvalue weighted by Crippen LogP contribution is -1.97. The Kier molecular flexibility index (Phi) is 2.92. The van der Waals surface area contributed by atoms with Crippen molar-refractivity contribution in [3.63, 3.8) is 0 Å². The van der Waals surface area contributed by atoms with Crippen molar-refractivity contribution in [2.45, 2.75) is 0 Å². The molecule has 2 nitrogen and oxygen atoms in total. The fourth-order valence-electron chi connectivity index (χ4n) is 1.75. The summed E-state index contributed by atoms with van der Waals surface area (Å²) in [5.41, 5.74) is 2.11. The molecule has 1 heterocycles. The van der Waals surface area contributed by atoms with Crippen LogP contribution in [0.4, 0.5) is 0 Å². The van der Waals surface area contributed by atoms with Gasteiger partial charge < -0.3 is 0 Å². The fraction of sp³-hybridized carbons (Fsp3) is 0. The highest BCUT2D eigenvalue weighted by atomic mass is 127. The number of rotatable bonds is 1. The molecular weight excluding hydrogens is 391 g/mol. The second-order valence-corrected chi connectivity index (χ2v) is 5.63. The van der Waals surface area contributed by atoms with E-state index in [4.69, 9.17) is 0 Å².